The van der Waals surface area contributed by atoms with E-state index in [2.05, 4.69) is 49.9 Å². The number of carbonyl (C=O) groups excluding carboxylic acids is 1. The minimum absolute atomic E-state index is 0.248. The number of hydrogen-bond acceptors (Lipinski definition) is 3. The van der Waals surface area contributed by atoms with E-state index in [1.807, 2.05) is 6.07 Å². The van der Waals surface area contributed by atoms with Gasteiger partial charge in [0.25, 0.3) is 0 Å². The van der Waals surface area contributed by atoms with Gasteiger partial charge in [-0.25, -0.2) is 4.79 Å². The average Bonchev–Trinajstić information content (AvgIpc) is 2.28. The van der Waals surface area contributed by atoms with Crippen molar-refractivity contribution in [2.45, 2.75) is 0 Å². The number of ether oxygens (including phenoxy) is 1. The van der Waals surface area contributed by atoms with Crippen LogP contribution in [0.25, 0.3) is 0 Å². The molecule has 0 saturated heterocycles. The Morgan fingerprint density at radius 1 is 1.64 bits per heavy atom. The molecule has 60 valence electrons. The summed E-state index contributed by atoms with van der Waals surface area (Å²) in [5.74, 6) is -0.248. The Morgan fingerprint density at radius 3 is 2.64 bits per heavy atom. The number of thiophene rings is 1. The van der Waals surface area contributed by atoms with Crippen molar-refractivity contribution in [2.75, 3.05) is 7.11 Å². The number of methoxy groups -OCH3 is 1. The molecule has 0 spiro atoms. The molecule has 0 aliphatic heterocycles. The molecule has 0 N–H and O–H groups in total. The lowest BCUT2D eigenvalue weighted by molar-refractivity contribution is 0.0605. The Morgan fingerprint density at radius 2 is 2.27 bits per heavy atom. The summed E-state index contributed by atoms with van der Waals surface area (Å²) < 4.78 is 6.66. The highest BCUT2D eigenvalue weighted by molar-refractivity contribution is 14.1. The molecule has 0 amide bonds. The van der Waals surface area contributed by atoms with Gasteiger partial charge in [-0.05, 0) is 51.2 Å². The van der Waals surface area contributed by atoms with Gasteiger partial charge in [-0.15, -0.1) is 11.3 Å². The SMILES string of the molecule is COC(=O)c1sc(I)cc1I. The highest BCUT2D eigenvalue weighted by atomic mass is 127. The highest BCUT2D eigenvalue weighted by Gasteiger charge is 2.13. The first-order valence-corrected chi connectivity index (χ1v) is 5.65. The first-order chi connectivity index (χ1) is 5.15. The predicted octanol–water partition coefficient (Wildman–Crippen LogP) is 2.74. The Balaban J connectivity index is 3.03. The van der Waals surface area contributed by atoms with Crippen LogP contribution >= 0.6 is 56.5 Å². The zero-order chi connectivity index (χ0) is 8.43. The maximum absolute atomic E-state index is 11.0. The van der Waals surface area contributed by atoms with Crippen LogP contribution in [0.4, 0.5) is 0 Å². The minimum Gasteiger partial charge on any atom is -0.465 e. The Labute approximate surface area is 95.6 Å². The van der Waals surface area contributed by atoms with Crippen LogP contribution in [0.1, 0.15) is 9.67 Å². The van der Waals surface area contributed by atoms with Crippen LogP contribution in [0.3, 0.4) is 0 Å². The van der Waals surface area contributed by atoms with Gasteiger partial charge in [-0.1, -0.05) is 0 Å². The molecule has 1 aromatic rings. The smallest absolute Gasteiger partial charge is 0.349 e. The number of hydrogen-bond donors (Lipinski definition) is 0. The van der Waals surface area contributed by atoms with Crippen LogP contribution in [-0.2, 0) is 4.74 Å². The topological polar surface area (TPSA) is 26.3 Å². The van der Waals surface area contributed by atoms with E-state index < -0.39 is 0 Å². The largest absolute Gasteiger partial charge is 0.465 e. The molecule has 1 aromatic heterocycles. The minimum atomic E-state index is -0.248. The lowest BCUT2D eigenvalue weighted by atomic mass is 10.5. The molecule has 5 heteroatoms. The van der Waals surface area contributed by atoms with E-state index in [1.54, 1.807) is 0 Å². The van der Waals surface area contributed by atoms with E-state index in [1.165, 1.54) is 18.4 Å². The molecule has 0 unspecified atom stereocenters. The maximum Gasteiger partial charge on any atom is 0.349 e. The van der Waals surface area contributed by atoms with Crippen molar-refractivity contribution in [1.29, 1.82) is 0 Å². The van der Waals surface area contributed by atoms with Gasteiger partial charge in [0.05, 0.1) is 9.99 Å². The van der Waals surface area contributed by atoms with Crippen molar-refractivity contribution in [3.63, 3.8) is 0 Å². The fourth-order valence-corrected chi connectivity index (χ4v) is 3.91. The Kier molecular flexibility index (Phi) is 3.56. The molecule has 0 aliphatic rings. The van der Waals surface area contributed by atoms with Gasteiger partial charge in [-0.2, -0.15) is 0 Å². The third-order valence-corrected chi connectivity index (χ3v) is 4.12. The van der Waals surface area contributed by atoms with Crippen molar-refractivity contribution < 1.29 is 9.53 Å². The van der Waals surface area contributed by atoms with E-state index in [4.69, 9.17) is 0 Å². The molecule has 2 nitrogen and oxygen atoms in total. The van der Waals surface area contributed by atoms with E-state index in [0.717, 1.165) is 6.45 Å². The van der Waals surface area contributed by atoms with Crippen molar-refractivity contribution in [3.05, 3.63) is 17.4 Å². The third kappa shape index (κ3) is 2.28. The summed E-state index contributed by atoms with van der Waals surface area (Å²) in [5.41, 5.74) is 0. The fourth-order valence-electron chi connectivity index (χ4n) is 0.573. The summed E-state index contributed by atoms with van der Waals surface area (Å²) in [6.07, 6.45) is 0. The lowest BCUT2D eigenvalue weighted by Gasteiger charge is -1.93. The molecule has 1 rings (SSSR count). The van der Waals surface area contributed by atoms with Crippen LogP contribution in [-0.4, -0.2) is 13.1 Å². The van der Waals surface area contributed by atoms with Gasteiger partial charge in [0, 0.05) is 3.57 Å². The Hall–Kier alpha value is 0.630. The molecular formula is C6H4I2O2S. The summed E-state index contributed by atoms with van der Waals surface area (Å²) in [7, 11) is 1.39. The van der Waals surface area contributed by atoms with Crippen molar-refractivity contribution in [2.24, 2.45) is 0 Å². The second kappa shape index (κ2) is 4.04. The van der Waals surface area contributed by atoms with Crippen LogP contribution in [0.15, 0.2) is 6.07 Å². The fraction of sp³-hybridized carbons (Fsp3) is 0.167. The zero-order valence-electron chi connectivity index (χ0n) is 5.56. The summed E-state index contributed by atoms with van der Waals surface area (Å²) in [6.45, 7) is 0. The molecule has 0 atom stereocenters. The van der Waals surface area contributed by atoms with Crippen molar-refractivity contribution >= 4 is 62.5 Å². The van der Waals surface area contributed by atoms with E-state index in [0.29, 0.717) is 4.88 Å². The number of rotatable bonds is 1. The predicted molar refractivity (Wildman–Crippen MR) is 61.1 cm³/mol. The van der Waals surface area contributed by atoms with Gasteiger partial charge in [-0.3, -0.25) is 0 Å². The molecule has 0 bridgehead atoms. The first-order valence-electron chi connectivity index (χ1n) is 2.68. The molecule has 0 aromatic carbocycles. The molecule has 1 heterocycles. The normalized spacial score (nSPS) is 9.73. The van der Waals surface area contributed by atoms with Crippen LogP contribution in [0.5, 0.6) is 0 Å². The van der Waals surface area contributed by atoms with Gasteiger partial charge in [0.2, 0.25) is 0 Å². The highest BCUT2D eigenvalue weighted by Crippen LogP contribution is 2.25. The van der Waals surface area contributed by atoms with E-state index >= 15 is 0 Å². The van der Waals surface area contributed by atoms with E-state index in [-0.39, 0.29) is 5.97 Å². The second-order valence-electron chi connectivity index (χ2n) is 1.72. The maximum atomic E-state index is 11.0. The number of carbonyl (C=O) groups is 1. The average molecular weight is 394 g/mol. The van der Waals surface area contributed by atoms with Crippen LogP contribution < -0.4 is 0 Å². The summed E-state index contributed by atoms with van der Waals surface area (Å²) >= 11 is 5.76. The molecule has 0 aliphatic carbocycles. The molecular weight excluding hydrogens is 390 g/mol. The molecule has 0 radical (unpaired) electrons. The summed E-state index contributed by atoms with van der Waals surface area (Å²) in [4.78, 5) is 11.7. The van der Waals surface area contributed by atoms with Crippen molar-refractivity contribution in [3.8, 4) is 0 Å². The second-order valence-corrected chi connectivity index (χ2v) is 5.83. The summed E-state index contributed by atoms with van der Waals surface area (Å²) in [6, 6.07) is 1.96. The molecule has 11 heavy (non-hydrogen) atoms. The number of halogens is 2. The van der Waals surface area contributed by atoms with E-state index in [9.17, 15) is 4.79 Å². The quantitative estimate of drug-likeness (QED) is 0.541. The van der Waals surface area contributed by atoms with Crippen LogP contribution in [0, 0.1) is 6.45 Å². The van der Waals surface area contributed by atoms with Gasteiger partial charge in [0.1, 0.15) is 4.88 Å². The lowest BCUT2D eigenvalue weighted by Crippen LogP contribution is -1.99. The molecule has 0 saturated carbocycles. The van der Waals surface area contributed by atoms with Gasteiger partial charge >= 0.3 is 5.97 Å². The van der Waals surface area contributed by atoms with Gasteiger partial charge < -0.3 is 4.74 Å². The zero-order valence-corrected chi connectivity index (χ0v) is 10.7. The van der Waals surface area contributed by atoms with Crippen LogP contribution in [0.2, 0.25) is 0 Å². The molecule has 0 fully saturated rings. The first kappa shape index (κ1) is 9.72. The monoisotopic (exact) mass is 394 g/mol. The Bertz CT molecular complexity index is 282. The summed E-state index contributed by atoms with van der Waals surface area (Å²) in [5, 5.41) is 0. The standard InChI is InChI=1S/C6H4I2O2S/c1-10-6(9)5-3(7)2-4(8)11-5/h2H,1H3. The third-order valence-electron chi connectivity index (χ3n) is 1.03. The number of esters is 1. The van der Waals surface area contributed by atoms with Crippen molar-refractivity contribution in [1.82, 2.24) is 0 Å². The van der Waals surface area contributed by atoms with Gasteiger partial charge in [0.15, 0.2) is 0 Å².